The highest BCUT2D eigenvalue weighted by molar-refractivity contribution is 5.95. The Morgan fingerprint density at radius 1 is 1.38 bits per heavy atom. The number of hydrogen-bond acceptors (Lipinski definition) is 3. The zero-order valence-corrected chi connectivity index (χ0v) is 8.47. The van der Waals surface area contributed by atoms with Crippen molar-refractivity contribution in [1.82, 2.24) is 9.55 Å². The lowest BCUT2D eigenvalue weighted by molar-refractivity contribution is 0.0943. The van der Waals surface area contributed by atoms with Gasteiger partial charge in [-0.05, 0) is 12.1 Å². The zero-order valence-electron chi connectivity index (χ0n) is 8.47. The first kappa shape index (κ1) is 10.2. The monoisotopic (exact) mass is 219 g/mol. The largest absolute Gasteiger partial charge is 0.465 e. The SMILES string of the molecule is CC(=O)n1c(NC(=O)O)nc2ccccc21. The maximum Gasteiger partial charge on any atom is 0.411 e. The van der Waals surface area contributed by atoms with Crippen molar-refractivity contribution in [2.75, 3.05) is 5.32 Å². The van der Waals surface area contributed by atoms with Crippen molar-refractivity contribution in [3.63, 3.8) is 0 Å². The van der Waals surface area contributed by atoms with Crippen LogP contribution in [0.5, 0.6) is 0 Å². The number of nitrogens with zero attached hydrogens (tertiary/aromatic N) is 2. The number of para-hydroxylation sites is 2. The maximum atomic E-state index is 11.4. The van der Waals surface area contributed by atoms with Gasteiger partial charge in [0.25, 0.3) is 0 Å². The van der Waals surface area contributed by atoms with Gasteiger partial charge in [-0.15, -0.1) is 0 Å². The van der Waals surface area contributed by atoms with Crippen molar-refractivity contribution in [3.05, 3.63) is 24.3 Å². The molecule has 0 spiro atoms. The first-order valence-electron chi connectivity index (χ1n) is 4.58. The van der Waals surface area contributed by atoms with E-state index >= 15 is 0 Å². The summed E-state index contributed by atoms with van der Waals surface area (Å²) in [6, 6.07) is 6.94. The number of anilines is 1. The van der Waals surface area contributed by atoms with Gasteiger partial charge >= 0.3 is 6.09 Å². The van der Waals surface area contributed by atoms with Gasteiger partial charge in [0.05, 0.1) is 11.0 Å². The van der Waals surface area contributed by atoms with Gasteiger partial charge in [-0.25, -0.2) is 14.3 Å². The van der Waals surface area contributed by atoms with Gasteiger partial charge in [0, 0.05) is 6.92 Å². The molecule has 0 saturated heterocycles. The van der Waals surface area contributed by atoms with Crippen LogP contribution in [-0.4, -0.2) is 26.7 Å². The second-order valence-corrected chi connectivity index (χ2v) is 3.21. The fourth-order valence-electron chi connectivity index (χ4n) is 1.52. The van der Waals surface area contributed by atoms with Crippen molar-refractivity contribution >= 4 is 29.0 Å². The summed E-state index contributed by atoms with van der Waals surface area (Å²) in [6.07, 6.45) is -1.25. The zero-order chi connectivity index (χ0) is 11.7. The van der Waals surface area contributed by atoms with Crippen LogP contribution in [0.1, 0.15) is 11.7 Å². The lowest BCUT2D eigenvalue weighted by Crippen LogP contribution is -2.15. The molecule has 1 amide bonds. The van der Waals surface area contributed by atoms with Gasteiger partial charge < -0.3 is 5.11 Å². The number of carbonyl (C=O) groups is 2. The summed E-state index contributed by atoms with van der Waals surface area (Å²) < 4.78 is 1.23. The molecule has 2 N–H and O–H groups in total. The van der Waals surface area contributed by atoms with Crippen LogP contribution in [-0.2, 0) is 0 Å². The number of aromatic nitrogens is 2. The number of carbonyl (C=O) groups excluding carboxylic acids is 1. The normalized spacial score (nSPS) is 10.3. The molecule has 0 fully saturated rings. The third kappa shape index (κ3) is 1.60. The van der Waals surface area contributed by atoms with Gasteiger partial charge in [0.15, 0.2) is 0 Å². The number of rotatable bonds is 1. The Kier molecular flexibility index (Phi) is 2.32. The lowest BCUT2D eigenvalue weighted by atomic mass is 10.3. The molecule has 0 aliphatic carbocycles. The summed E-state index contributed by atoms with van der Waals surface area (Å²) in [7, 11) is 0. The van der Waals surface area contributed by atoms with Crippen molar-refractivity contribution in [2.45, 2.75) is 6.92 Å². The van der Waals surface area contributed by atoms with E-state index in [1.807, 2.05) is 0 Å². The van der Waals surface area contributed by atoms with E-state index in [0.29, 0.717) is 11.0 Å². The molecule has 82 valence electrons. The maximum absolute atomic E-state index is 11.4. The third-order valence-corrected chi connectivity index (χ3v) is 2.09. The van der Waals surface area contributed by atoms with Gasteiger partial charge in [0.1, 0.15) is 0 Å². The van der Waals surface area contributed by atoms with Crippen molar-refractivity contribution in [1.29, 1.82) is 0 Å². The molecule has 1 heterocycles. The van der Waals surface area contributed by atoms with E-state index in [9.17, 15) is 9.59 Å². The lowest BCUT2D eigenvalue weighted by Gasteiger charge is -2.02. The average Bonchev–Trinajstić information content (AvgIpc) is 2.53. The first-order chi connectivity index (χ1) is 7.59. The van der Waals surface area contributed by atoms with Crippen LogP contribution in [0.3, 0.4) is 0 Å². The Hall–Kier alpha value is -2.37. The summed E-state index contributed by atoms with van der Waals surface area (Å²) in [5, 5.41) is 10.7. The van der Waals surface area contributed by atoms with E-state index in [1.54, 1.807) is 24.3 Å². The molecule has 6 heteroatoms. The molecular formula is C10H9N3O3. The van der Waals surface area contributed by atoms with Crippen LogP contribution in [0.4, 0.5) is 10.7 Å². The molecule has 0 bridgehead atoms. The molecule has 0 saturated carbocycles. The molecule has 16 heavy (non-hydrogen) atoms. The van der Waals surface area contributed by atoms with Gasteiger partial charge in [-0.2, -0.15) is 0 Å². The highest BCUT2D eigenvalue weighted by Gasteiger charge is 2.14. The molecule has 2 aromatic rings. The number of carboxylic acid groups (broad SMARTS) is 1. The molecule has 2 rings (SSSR count). The van der Waals surface area contributed by atoms with Crippen LogP contribution in [0.25, 0.3) is 11.0 Å². The number of nitrogens with one attached hydrogen (secondary N) is 1. The van der Waals surface area contributed by atoms with E-state index in [2.05, 4.69) is 10.3 Å². The minimum Gasteiger partial charge on any atom is -0.465 e. The number of fused-ring (bicyclic) bond motifs is 1. The quantitative estimate of drug-likeness (QED) is 0.765. The summed E-state index contributed by atoms with van der Waals surface area (Å²) in [5.41, 5.74) is 1.15. The molecule has 0 aliphatic rings. The third-order valence-electron chi connectivity index (χ3n) is 2.09. The molecular weight excluding hydrogens is 210 g/mol. The van der Waals surface area contributed by atoms with Gasteiger partial charge in [-0.3, -0.25) is 10.1 Å². The van der Waals surface area contributed by atoms with E-state index in [0.717, 1.165) is 0 Å². The molecule has 0 aliphatic heterocycles. The van der Waals surface area contributed by atoms with Crippen molar-refractivity contribution in [2.24, 2.45) is 0 Å². The Morgan fingerprint density at radius 3 is 2.69 bits per heavy atom. The van der Waals surface area contributed by atoms with Gasteiger partial charge in [0.2, 0.25) is 11.9 Å². The van der Waals surface area contributed by atoms with Crippen LogP contribution in [0.15, 0.2) is 24.3 Å². The summed E-state index contributed by atoms with van der Waals surface area (Å²) in [6.45, 7) is 1.35. The molecule has 6 nitrogen and oxygen atoms in total. The highest BCUT2D eigenvalue weighted by atomic mass is 16.4. The highest BCUT2D eigenvalue weighted by Crippen LogP contribution is 2.19. The molecule has 1 aromatic heterocycles. The Bertz CT molecular complexity index is 574. The van der Waals surface area contributed by atoms with E-state index in [4.69, 9.17) is 5.11 Å². The standard InChI is InChI=1S/C10H9N3O3/c1-6(14)13-8-5-3-2-4-7(8)11-9(13)12-10(15)16/h2-5H,1H3,(H,11,12)(H,15,16). The molecule has 0 radical (unpaired) electrons. The second-order valence-electron chi connectivity index (χ2n) is 3.21. The minimum absolute atomic E-state index is 0.0150. The van der Waals surface area contributed by atoms with Crippen LogP contribution >= 0.6 is 0 Å². The van der Waals surface area contributed by atoms with Crippen molar-refractivity contribution < 1.29 is 14.7 Å². The summed E-state index contributed by atoms with van der Waals surface area (Å²) >= 11 is 0. The number of benzene rings is 1. The average molecular weight is 219 g/mol. The molecule has 0 unspecified atom stereocenters. The van der Waals surface area contributed by atoms with Gasteiger partial charge in [-0.1, -0.05) is 12.1 Å². The number of hydrogen-bond donors (Lipinski definition) is 2. The van der Waals surface area contributed by atoms with E-state index < -0.39 is 6.09 Å². The summed E-state index contributed by atoms with van der Waals surface area (Å²) in [4.78, 5) is 26.0. The Labute approximate surface area is 90.5 Å². The molecule has 1 aromatic carbocycles. The summed E-state index contributed by atoms with van der Waals surface area (Å²) in [5.74, 6) is -0.279. The first-order valence-corrected chi connectivity index (χ1v) is 4.58. The van der Waals surface area contributed by atoms with Crippen LogP contribution < -0.4 is 5.32 Å². The van der Waals surface area contributed by atoms with E-state index in [1.165, 1.54) is 11.5 Å². The Morgan fingerprint density at radius 2 is 2.06 bits per heavy atom. The fourth-order valence-corrected chi connectivity index (χ4v) is 1.52. The predicted molar refractivity (Wildman–Crippen MR) is 57.7 cm³/mol. The van der Waals surface area contributed by atoms with Crippen LogP contribution in [0, 0.1) is 0 Å². The smallest absolute Gasteiger partial charge is 0.411 e. The van der Waals surface area contributed by atoms with Crippen molar-refractivity contribution in [3.8, 4) is 0 Å². The Balaban J connectivity index is 2.68. The van der Waals surface area contributed by atoms with E-state index in [-0.39, 0.29) is 11.9 Å². The second kappa shape index (κ2) is 3.65. The minimum atomic E-state index is -1.25. The predicted octanol–water partition coefficient (Wildman–Crippen LogP) is 1.79. The topological polar surface area (TPSA) is 84.2 Å². The number of amides is 1. The fraction of sp³-hybridized carbons (Fsp3) is 0.100. The number of imidazole rings is 1. The molecule has 0 atom stereocenters. The van der Waals surface area contributed by atoms with Crippen LogP contribution in [0.2, 0.25) is 0 Å².